The van der Waals surface area contributed by atoms with Crippen molar-refractivity contribution in [2.75, 3.05) is 13.2 Å². The van der Waals surface area contributed by atoms with Crippen molar-refractivity contribution in [1.29, 1.82) is 0 Å². The number of hydrogen-bond acceptors (Lipinski definition) is 6. The highest BCUT2D eigenvalue weighted by molar-refractivity contribution is 5.71. The van der Waals surface area contributed by atoms with E-state index in [1.54, 1.807) is 0 Å². The summed E-state index contributed by atoms with van der Waals surface area (Å²) < 4.78 is 16.7. The van der Waals surface area contributed by atoms with E-state index in [4.69, 9.17) is 14.2 Å². The molecule has 0 N–H and O–H groups in total. The summed E-state index contributed by atoms with van der Waals surface area (Å²) in [4.78, 5) is 37.9. The lowest BCUT2D eigenvalue weighted by molar-refractivity contribution is -0.167. The van der Waals surface area contributed by atoms with Crippen LogP contribution in [0.5, 0.6) is 0 Å². The van der Waals surface area contributed by atoms with Gasteiger partial charge in [0, 0.05) is 19.3 Å². The van der Waals surface area contributed by atoms with Gasteiger partial charge in [0.15, 0.2) is 6.10 Å². The van der Waals surface area contributed by atoms with Gasteiger partial charge >= 0.3 is 17.9 Å². The Morgan fingerprint density at radius 2 is 0.635 bits per heavy atom. The Kier molecular flexibility index (Phi) is 48.0. The molecule has 0 heterocycles. The van der Waals surface area contributed by atoms with Gasteiger partial charge < -0.3 is 14.2 Å². The number of hydrogen-bond donors (Lipinski definition) is 0. The third kappa shape index (κ3) is 49.2. The van der Waals surface area contributed by atoms with Crippen molar-refractivity contribution >= 4 is 17.9 Å². The second-order valence-electron chi connectivity index (χ2n) is 16.7. The van der Waals surface area contributed by atoms with Crippen molar-refractivity contribution in [3.05, 3.63) is 97.2 Å². The summed E-state index contributed by atoms with van der Waals surface area (Å²) in [6, 6.07) is 0. The summed E-state index contributed by atoms with van der Waals surface area (Å²) in [6.45, 7) is 6.41. The minimum Gasteiger partial charge on any atom is -0.462 e. The largest absolute Gasteiger partial charge is 0.462 e. The Hall–Kier alpha value is -3.67. The molecule has 0 aliphatic rings. The van der Waals surface area contributed by atoms with Crippen LogP contribution in [-0.4, -0.2) is 37.2 Å². The fourth-order valence-electron chi connectivity index (χ4n) is 6.72. The van der Waals surface area contributed by atoms with Gasteiger partial charge in [-0.05, 0) is 96.3 Å². The van der Waals surface area contributed by atoms with E-state index in [2.05, 4.69) is 118 Å². The molecule has 63 heavy (non-hydrogen) atoms. The monoisotopic (exact) mass is 875 g/mol. The van der Waals surface area contributed by atoms with Crippen molar-refractivity contribution in [2.45, 2.75) is 232 Å². The van der Waals surface area contributed by atoms with Crippen molar-refractivity contribution in [3.63, 3.8) is 0 Å². The molecule has 358 valence electrons. The second kappa shape index (κ2) is 51.0. The van der Waals surface area contributed by atoms with Gasteiger partial charge in [-0.15, -0.1) is 0 Å². The van der Waals surface area contributed by atoms with Gasteiger partial charge in [-0.3, -0.25) is 14.4 Å². The Labute approximate surface area is 387 Å². The number of ether oxygens (including phenoxy) is 3. The highest BCUT2D eigenvalue weighted by Crippen LogP contribution is 2.13. The lowest BCUT2D eigenvalue weighted by Crippen LogP contribution is -2.30. The third-order valence-corrected chi connectivity index (χ3v) is 10.6. The molecule has 0 spiro atoms. The maximum Gasteiger partial charge on any atom is 0.306 e. The maximum atomic E-state index is 12.8. The SMILES string of the molecule is CC/C=C\C/C=C\C/C=C\C/C=C\C/C=C\CCCC(=O)OC[C@@H](COC(=O)CCCCCCCCCCCCC)OC(=O)CCCCCC/C=C\C/C=C\C/C=C\CCCCC. The molecule has 0 aromatic heterocycles. The van der Waals surface area contributed by atoms with Gasteiger partial charge in [0.1, 0.15) is 13.2 Å². The van der Waals surface area contributed by atoms with Crippen LogP contribution < -0.4 is 0 Å². The first-order valence-electron chi connectivity index (χ1n) is 25.7. The van der Waals surface area contributed by atoms with Crippen LogP contribution in [0.1, 0.15) is 226 Å². The van der Waals surface area contributed by atoms with E-state index >= 15 is 0 Å². The van der Waals surface area contributed by atoms with Gasteiger partial charge in [0.2, 0.25) is 0 Å². The summed E-state index contributed by atoms with van der Waals surface area (Å²) in [5.41, 5.74) is 0. The normalized spacial score (nSPS) is 12.9. The summed E-state index contributed by atoms with van der Waals surface area (Å²) in [5, 5.41) is 0. The fraction of sp³-hybridized carbons (Fsp3) is 0.667. The molecule has 0 fully saturated rings. The number of unbranched alkanes of at least 4 members (excludes halogenated alkanes) is 18. The summed E-state index contributed by atoms with van der Waals surface area (Å²) in [7, 11) is 0. The second-order valence-corrected chi connectivity index (χ2v) is 16.7. The van der Waals surface area contributed by atoms with E-state index in [1.807, 2.05) is 0 Å². The van der Waals surface area contributed by atoms with Crippen LogP contribution in [0.15, 0.2) is 97.2 Å². The Bertz CT molecular complexity index is 1280. The molecule has 0 aliphatic heterocycles. The van der Waals surface area contributed by atoms with Crippen LogP contribution in [0.4, 0.5) is 0 Å². The van der Waals surface area contributed by atoms with Crippen LogP contribution >= 0.6 is 0 Å². The molecule has 1 atom stereocenters. The smallest absolute Gasteiger partial charge is 0.306 e. The van der Waals surface area contributed by atoms with Crippen LogP contribution in [0.3, 0.4) is 0 Å². The van der Waals surface area contributed by atoms with E-state index in [0.717, 1.165) is 103 Å². The highest BCUT2D eigenvalue weighted by Gasteiger charge is 2.19. The molecular weight excluding hydrogens is 781 g/mol. The van der Waals surface area contributed by atoms with Crippen molar-refractivity contribution < 1.29 is 28.6 Å². The molecule has 0 aliphatic carbocycles. The van der Waals surface area contributed by atoms with Crippen molar-refractivity contribution in [3.8, 4) is 0 Å². The van der Waals surface area contributed by atoms with Crippen LogP contribution in [0, 0.1) is 0 Å². The molecule has 0 aromatic rings. The zero-order valence-corrected chi connectivity index (χ0v) is 40.8. The lowest BCUT2D eigenvalue weighted by atomic mass is 10.1. The van der Waals surface area contributed by atoms with Crippen molar-refractivity contribution in [1.82, 2.24) is 0 Å². The summed E-state index contributed by atoms with van der Waals surface area (Å²) in [6.07, 6.45) is 66.8. The molecular formula is C57H94O6. The van der Waals surface area contributed by atoms with Gasteiger partial charge in [-0.1, -0.05) is 208 Å². The molecule has 6 heteroatoms. The molecule has 0 radical (unpaired) electrons. The van der Waals surface area contributed by atoms with E-state index in [-0.39, 0.29) is 44.0 Å². The Morgan fingerprint density at radius 3 is 1.06 bits per heavy atom. The number of rotatable bonds is 45. The Morgan fingerprint density at radius 1 is 0.333 bits per heavy atom. The first kappa shape index (κ1) is 59.3. The van der Waals surface area contributed by atoms with E-state index in [9.17, 15) is 14.4 Å². The Balaban J connectivity index is 4.52. The quantitative estimate of drug-likeness (QED) is 0.0262. The average Bonchev–Trinajstić information content (AvgIpc) is 3.28. The number of carbonyl (C=O) groups excluding carboxylic acids is 3. The number of allylic oxidation sites excluding steroid dienone is 16. The van der Waals surface area contributed by atoms with Gasteiger partial charge in [0.05, 0.1) is 0 Å². The zero-order valence-electron chi connectivity index (χ0n) is 40.8. The minimum absolute atomic E-state index is 0.104. The summed E-state index contributed by atoms with van der Waals surface area (Å²) in [5.74, 6) is -0.991. The number of carbonyl (C=O) groups is 3. The van der Waals surface area contributed by atoms with E-state index < -0.39 is 6.10 Å². The molecule has 0 amide bonds. The molecule has 0 bridgehead atoms. The van der Waals surface area contributed by atoms with Crippen molar-refractivity contribution in [2.24, 2.45) is 0 Å². The minimum atomic E-state index is -0.810. The first-order valence-corrected chi connectivity index (χ1v) is 25.7. The van der Waals surface area contributed by atoms with Crippen LogP contribution in [0.25, 0.3) is 0 Å². The summed E-state index contributed by atoms with van der Waals surface area (Å²) >= 11 is 0. The fourth-order valence-corrected chi connectivity index (χ4v) is 6.72. The highest BCUT2D eigenvalue weighted by atomic mass is 16.6. The van der Waals surface area contributed by atoms with Gasteiger partial charge in [0.25, 0.3) is 0 Å². The molecule has 0 saturated heterocycles. The predicted octanol–water partition coefficient (Wildman–Crippen LogP) is 17.0. The van der Waals surface area contributed by atoms with Gasteiger partial charge in [-0.25, -0.2) is 0 Å². The first-order chi connectivity index (χ1) is 31.0. The van der Waals surface area contributed by atoms with Crippen LogP contribution in [0.2, 0.25) is 0 Å². The molecule has 0 rings (SSSR count). The molecule has 0 saturated carbocycles. The third-order valence-electron chi connectivity index (χ3n) is 10.6. The molecule has 0 unspecified atom stereocenters. The zero-order chi connectivity index (χ0) is 45.8. The molecule has 6 nitrogen and oxygen atoms in total. The predicted molar refractivity (Wildman–Crippen MR) is 270 cm³/mol. The van der Waals surface area contributed by atoms with E-state index in [0.29, 0.717) is 12.8 Å². The number of esters is 3. The molecule has 0 aromatic carbocycles. The maximum absolute atomic E-state index is 12.8. The lowest BCUT2D eigenvalue weighted by Gasteiger charge is -2.18. The standard InChI is InChI=1S/C57H94O6/c1-4-7-10-13-16-19-22-24-26-28-30-32-35-38-41-44-47-50-56(59)62-53-54(52-61-55(58)49-46-43-40-37-34-21-18-15-12-9-6-3)63-57(60)51-48-45-42-39-36-33-31-29-27-25-23-20-17-14-11-8-5-2/h7,10,16-17,19-20,24-27,30-33,38,41,54H,4-6,8-9,11-15,18,21-23,28-29,34-37,39-40,42-53H2,1-3H3/b10-7-,19-16-,20-17-,26-24-,27-25-,32-30-,33-31-,41-38-/t54-/m1/s1. The average molecular weight is 875 g/mol. The topological polar surface area (TPSA) is 78.9 Å². The van der Waals surface area contributed by atoms with Crippen LogP contribution in [-0.2, 0) is 28.6 Å². The van der Waals surface area contributed by atoms with E-state index in [1.165, 1.54) is 77.0 Å². The van der Waals surface area contributed by atoms with Gasteiger partial charge in [-0.2, -0.15) is 0 Å².